The molecule has 1 aliphatic heterocycles. The molecule has 1 saturated carbocycles. The van der Waals surface area contributed by atoms with Crippen LogP contribution in [0.2, 0.25) is 0 Å². The molecule has 7 nitrogen and oxygen atoms in total. The quantitative estimate of drug-likeness (QED) is 0.304. The molecule has 2 aromatic rings. The first-order valence-corrected chi connectivity index (χ1v) is 9.57. The van der Waals surface area contributed by atoms with Crippen LogP contribution in [0, 0.1) is 5.82 Å². The van der Waals surface area contributed by atoms with E-state index in [0.717, 1.165) is 12.8 Å². The Labute approximate surface area is 219 Å². The van der Waals surface area contributed by atoms with E-state index in [2.05, 4.69) is 12.6 Å². The molecule has 0 amide bonds. The van der Waals surface area contributed by atoms with Gasteiger partial charge in [0.25, 0.3) is 0 Å². The van der Waals surface area contributed by atoms with Crippen LogP contribution in [0.5, 0.6) is 0 Å². The Morgan fingerprint density at radius 2 is 1.80 bits per heavy atom. The number of hydrogen-bond acceptors (Lipinski definition) is 4. The number of aromatic nitrogens is 1. The van der Waals surface area contributed by atoms with Gasteiger partial charge in [-0.3, -0.25) is 4.79 Å². The minimum atomic E-state index is -1.29. The van der Waals surface area contributed by atoms with Crippen molar-refractivity contribution in [3.63, 3.8) is 0 Å². The van der Waals surface area contributed by atoms with Crippen LogP contribution in [-0.2, 0) is 25.6 Å². The van der Waals surface area contributed by atoms with E-state index in [1.54, 1.807) is 6.07 Å². The fourth-order valence-electron chi connectivity index (χ4n) is 3.55. The number of thiocarbonyl (C=S) groups is 1. The molecule has 0 spiro atoms. The van der Waals surface area contributed by atoms with Crippen molar-refractivity contribution in [2.75, 3.05) is 31.1 Å². The number of thiol groups is 1. The molecule has 1 aromatic heterocycles. The summed E-state index contributed by atoms with van der Waals surface area (Å²) in [6.45, 7) is 2.47. The Bertz CT molecular complexity index is 1030. The predicted octanol–water partition coefficient (Wildman–Crippen LogP) is -0.607. The van der Waals surface area contributed by atoms with Crippen molar-refractivity contribution in [2.45, 2.75) is 18.9 Å². The van der Waals surface area contributed by atoms with Gasteiger partial charge in [0.2, 0.25) is 5.43 Å². The average molecular weight is 545 g/mol. The van der Waals surface area contributed by atoms with Crippen LogP contribution < -0.4 is 39.9 Å². The van der Waals surface area contributed by atoms with Crippen LogP contribution in [0.1, 0.15) is 29.2 Å². The first kappa shape index (κ1) is 27.5. The molecule has 30 heavy (non-hydrogen) atoms. The van der Waals surface area contributed by atoms with E-state index in [-0.39, 0.29) is 72.1 Å². The van der Waals surface area contributed by atoms with Gasteiger partial charge in [0.05, 0.1) is 11.2 Å². The third-order valence-corrected chi connectivity index (χ3v) is 5.70. The van der Waals surface area contributed by atoms with Crippen LogP contribution in [-0.4, -0.2) is 51.0 Å². The number of pyridine rings is 1. The molecule has 12 heteroatoms. The Kier molecular flexibility index (Phi) is 9.97. The van der Waals surface area contributed by atoms with Crippen molar-refractivity contribution < 1.29 is 69.4 Å². The maximum Gasteiger partial charge on any atom is 5.00 e. The topological polar surface area (TPSA) is 94.3 Å². The zero-order valence-electron chi connectivity index (χ0n) is 16.2. The summed E-state index contributed by atoms with van der Waals surface area (Å²) in [6, 6.07) is 3.00. The van der Waals surface area contributed by atoms with Gasteiger partial charge in [-0.05, 0) is 25.0 Å². The summed E-state index contributed by atoms with van der Waals surface area (Å²) in [7, 11) is 0. The van der Waals surface area contributed by atoms with E-state index in [9.17, 15) is 19.1 Å². The number of aromatic carboxylic acids is 1. The Morgan fingerprint density at radius 1 is 1.20 bits per heavy atom. The zero-order chi connectivity index (χ0) is 19.3. The summed E-state index contributed by atoms with van der Waals surface area (Å²) < 4.78 is 17.2. The third-order valence-electron chi connectivity index (χ3n) is 5.16. The number of carboxylic acid groups (broad SMARTS) is 1. The monoisotopic (exact) mass is 545 g/mol. The molecule has 0 radical (unpaired) electrons. The van der Waals surface area contributed by atoms with Crippen molar-refractivity contribution in [2.24, 2.45) is 0 Å². The molecule has 0 unspecified atom stereocenters. The summed E-state index contributed by atoms with van der Waals surface area (Å²) in [5, 5.41) is 9.42. The van der Waals surface area contributed by atoms with Crippen molar-refractivity contribution in [1.29, 1.82) is 0 Å². The molecule has 2 heterocycles. The molecule has 1 aliphatic carbocycles. The fourth-order valence-corrected chi connectivity index (χ4v) is 3.93. The van der Waals surface area contributed by atoms with Gasteiger partial charge in [0.15, 0.2) is 0 Å². The normalized spacial score (nSPS) is 15.7. The first-order chi connectivity index (χ1) is 12.9. The molecule has 1 saturated heterocycles. The van der Waals surface area contributed by atoms with E-state index in [1.165, 1.54) is 12.3 Å². The first-order valence-electron chi connectivity index (χ1n) is 8.71. The standard InChI is InChI=1S/C18H18FN3O3S2.Na.O.Tc/c19-13-7-11-14(8-15(13)20-3-5-21(6-4-20)18(26)27)22(10-1-2-10)9-12(16(11)23)17(24)25;;;/h7-10H,1-6H2,(H,24,25)(H,26,27);;;/q;+1;-2;+5/i;;;1+1. The van der Waals surface area contributed by atoms with Gasteiger partial charge in [0, 0.05) is 43.8 Å². The molecule has 1 aromatic carbocycles. The number of benzene rings is 1. The molecule has 0 bridgehead atoms. The van der Waals surface area contributed by atoms with E-state index in [4.69, 9.17) is 12.2 Å². The largest absolute Gasteiger partial charge is 5.00 e. The van der Waals surface area contributed by atoms with Crippen molar-refractivity contribution in [3.8, 4) is 0 Å². The number of nitrogens with zero attached hydrogens (tertiary/aromatic N) is 3. The summed E-state index contributed by atoms with van der Waals surface area (Å²) >= 11 is 9.26. The summed E-state index contributed by atoms with van der Waals surface area (Å²) in [6.07, 6.45) is 3.23. The van der Waals surface area contributed by atoms with Crippen LogP contribution in [0.3, 0.4) is 0 Å². The van der Waals surface area contributed by atoms with Gasteiger partial charge in [-0.15, -0.1) is 12.6 Å². The van der Waals surface area contributed by atoms with Crippen LogP contribution in [0.25, 0.3) is 10.9 Å². The second-order valence-electron chi connectivity index (χ2n) is 6.89. The summed E-state index contributed by atoms with van der Waals surface area (Å²) in [5.41, 5.74) is 0.0303. The SMILES string of the molecule is O=C(O)c1cn(C2CC2)c2cc(N3CCN(C(=S)S)CC3)c(F)cc2c1=O.[99Tc+5].[Na+].[O-2]. The van der Waals surface area contributed by atoms with Gasteiger partial charge in [-0.1, -0.05) is 12.2 Å². The molecule has 152 valence electrons. The maximum atomic E-state index is 14.8. The van der Waals surface area contributed by atoms with Crippen molar-refractivity contribution in [1.82, 2.24) is 9.47 Å². The number of carboxylic acids is 1. The molecule has 2 fully saturated rings. The third kappa shape index (κ3) is 5.27. The van der Waals surface area contributed by atoms with Crippen LogP contribution in [0.4, 0.5) is 10.1 Å². The summed E-state index contributed by atoms with van der Waals surface area (Å²) in [4.78, 5) is 27.8. The summed E-state index contributed by atoms with van der Waals surface area (Å²) in [5.74, 6) is -1.81. The van der Waals surface area contributed by atoms with Crippen molar-refractivity contribution >= 4 is 51.7 Å². The molecular formula is C18H18FN3NaO4S2Tc+4. The number of anilines is 1. The molecule has 4 rings (SSSR count). The number of hydrogen-bond donors (Lipinski definition) is 2. The average Bonchev–Trinajstić information content (AvgIpc) is 3.47. The minimum absolute atomic E-state index is 0. The van der Waals surface area contributed by atoms with E-state index in [0.29, 0.717) is 41.7 Å². The number of piperazine rings is 1. The fraction of sp³-hybridized carbons (Fsp3) is 0.389. The smallest absolute Gasteiger partial charge is 2.00 e. The maximum absolute atomic E-state index is 14.8. The minimum Gasteiger partial charge on any atom is -2.00 e. The van der Waals surface area contributed by atoms with Crippen molar-refractivity contribution in [3.05, 3.63) is 39.9 Å². The number of halogens is 1. The Hall–Kier alpha value is -0.521. The Balaban J connectivity index is 0.00000150. The van der Waals surface area contributed by atoms with Gasteiger partial charge >= 0.3 is 55.6 Å². The number of carbonyl (C=O) groups is 1. The zero-order valence-corrected chi connectivity index (χ0v) is 21.7. The number of rotatable bonds is 3. The molecule has 0 atom stereocenters. The van der Waals surface area contributed by atoms with E-state index < -0.39 is 17.2 Å². The Morgan fingerprint density at radius 3 is 2.30 bits per heavy atom. The van der Waals surface area contributed by atoms with Gasteiger partial charge in [0.1, 0.15) is 15.7 Å². The second-order valence-corrected chi connectivity index (χ2v) is 8.01. The molecule has 1 N–H and O–H groups in total. The van der Waals surface area contributed by atoms with Gasteiger partial charge in [-0.2, -0.15) is 0 Å². The molecular weight excluding hydrogens is 527 g/mol. The van der Waals surface area contributed by atoms with Crippen LogP contribution >= 0.6 is 24.8 Å². The number of fused-ring (bicyclic) bond motifs is 1. The molecule has 2 aliphatic rings. The van der Waals surface area contributed by atoms with Gasteiger partial charge < -0.3 is 24.9 Å². The van der Waals surface area contributed by atoms with Crippen LogP contribution in [0.15, 0.2) is 23.1 Å². The predicted molar refractivity (Wildman–Crippen MR) is 109 cm³/mol. The van der Waals surface area contributed by atoms with E-state index >= 15 is 0 Å². The second kappa shape index (κ2) is 10.9. The van der Waals surface area contributed by atoms with Gasteiger partial charge in [-0.25, -0.2) is 9.18 Å². The van der Waals surface area contributed by atoms with E-state index in [1.807, 2.05) is 14.4 Å².